The van der Waals surface area contributed by atoms with Gasteiger partial charge in [-0.2, -0.15) is 0 Å². The molecule has 2 heterocycles. The molecule has 1 aromatic heterocycles. The summed E-state index contributed by atoms with van der Waals surface area (Å²) >= 11 is 0. The minimum Gasteiger partial charge on any atom is -0.344 e. The molecule has 0 saturated carbocycles. The van der Waals surface area contributed by atoms with Gasteiger partial charge in [-0.25, -0.2) is 4.79 Å². The summed E-state index contributed by atoms with van der Waals surface area (Å²) < 4.78 is 2.22. The Morgan fingerprint density at radius 3 is 2.61 bits per heavy atom. The van der Waals surface area contributed by atoms with Gasteiger partial charge in [0.05, 0.1) is 0 Å². The summed E-state index contributed by atoms with van der Waals surface area (Å²) in [6, 6.07) is 8.14. The molecule has 5 nitrogen and oxygen atoms in total. The third-order valence-corrected chi connectivity index (χ3v) is 4.42. The number of fused-ring (bicyclic) bond motifs is 1. The number of nitrogens with zero attached hydrogens (tertiary/aromatic N) is 2. The van der Waals surface area contributed by atoms with Gasteiger partial charge in [0, 0.05) is 35.2 Å². The van der Waals surface area contributed by atoms with Crippen molar-refractivity contribution < 1.29 is 9.59 Å². The monoisotopic (exact) mass is 311 g/mol. The number of benzene rings is 1. The summed E-state index contributed by atoms with van der Waals surface area (Å²) in [5, 5.41) is 3.74. The van der Waals surface area contributed by atoms with E-state index in [9.17, 15) is 9.59 Å². The summed E-state index contributed by atoms with van der Waals surface area (Å²) in [5.74, 6) is -0.266. The van der Waals surface area contributed by atoms with Crippen molar-refractivity contribution in [2.75, 3.05) is 6.54 Å². The van der Waals surface area contributed by atoms with Crippen LogP contribution in [0.5, 0.6) is 0 Å². The second-order valence-corrected chi connectivity index (χ2v) is 5.80. The number of nitrogens with one attached hydrogen (secondary N) is 1. The minimum atomic E-state index is -0.352. The zero-order valence-corrected chi connectivity index (χ0v) is 13.7. The zero-order chi connectivity index (χ0) is 16.6. The highest BCUT2D eigenvalue weighted by Crippen LogP contribution is 2.28. The maximum atomic E-state index is 12.3. The molecule has 0 radical (unpaired) electrons. The van der Waals surface area contributed by atoms with Gasteiger partial charge in [0.2, 0.25) is 0 Å². The quantitative estimate of drug-likeness (QED) is 0.694. The molecule has 3 rings (SSSR count). The number of amides is 3. The highest BCUT2D eigenvalue weighted by molar-refractivity contribution is 6.14. The molecule has 3 amide bonds. The first-order chi connectivity index (χ1) is 11.1. The van der Waals surface area contributed by atoms with Crippen LogP contribution in [-0.2, 0) is 4.79 Å². The van der Waals surface area contributed by atoms with E-state index in [4.69, 9.17) is 0 Å². The summed E-state index contributed by atoms with van der Waals surface area (Å²) in [7, 11) is 0. The van der Waals surface area contributed by atoms with Crippen molar-refractivity contribution in [2.24, 2.45) is 0 Å². The molecule has 0 bridgehead atoms. The molecule has 1 aliphatic heterocycles. The fourth-order valence-electron chi connectivity index (χ4n) is 2.92. The number of carbonyl (C=O) groups is 2. The molecule has 23 heavy (non-hydrogen) atoms. The predicted octanol–water partition coefficient (Wildman–Crippen LogP) is 3.52. The molecule has 0 unspecified atom stereocenters. The molecular weight excluding hydrogens is 290 g/mol. The largest absolute Gasteiger partial charge is 0.344 e. The molecule has 1 aliphatic rings. The number of imide groups is 1. The number of hydrogen-bond donors (Lipinski definition) is 1. The van der Waals surface area contributed by atoms with Crippen LogP contribution in [0.2, 0.25) is 0 Å². The first kappa shape index (κ1) is 15.3. The van der Waals surface area contributed by atoms with E-state index >= 15 is 0 Å². The topological polar surface area (TPSA) is 54.3 Å². The molecule has 120 valence electrons. The maximum absolute atomic E-state index is 12.3. The van der Waals surface area contributed by atoms with E-state index in [1.54, 1.807) is 13.0 Å². The van der Waals surface area contributed by atoms with Crippen molar-refractivity contribution in [1.82, 2.24) is 14.8 Å². The number of likely N-dealkylation sites (N-methyl/N-ethyl adjacent to an activating group) is 1. The molecule has 1 saturated heterocycles. The Kier molecular flexibility index (Phi) is 3.94. The van der Waals surface area contributed by atoms with E-state index in [-0.39, 0.29) is 11.9 Å². The number of aromatic nitrogens is 1. The number of para-hydroxylation sites is 1. The SMILES string of the molecule is CC[C@H](C)n1cc(/C=C2\NC(=O)N(CC)C2=O)c2ccccc21. The smallest absolute Gasteiger partial charge is 0.328 e. The van der Waals surface area contributed by atoms with E-state index in [1.807, 2.05) is 18.2 Å². The highest BCUT2D eigenvalue weighted by Gasteiger charge is 2.32. The second kappa shape index (κ2) is 5.91. The van der Waals surface area contributed by atoms with E-state index in [2.05, 4.69) is 36.0 Å². The van der Waals surface area contributed by atoms with Crippen molar-refractivity contribution >= 4 is 28.9 Å². The van der Waals surface area contributed by atoms with Gasteiger partial charge in [-0.15, -0.1) is 0 Å². The van der Waals surface area contributed by atoms with E-state index < -0.39 is 0 Å². The van der Waals surface area contributed by atoms with Gasteiger partial charge in [0.15, 0.2) is 0 Å². The maximum Gasteiger partial charge on any atom is 0.328 e. The Labute approximate surface area is 135 Å². The minimum absolute atomic E-state index is 0.266. The van der Waals surface area contributed by atoms with Gasteiger partial charge in [-0.05, 0) is 32.4 Å². The van der Waals surface area contributed by atoms with Crippen LogP contribution in [0.1, 0.15) is 38.8 Å². The molecule has 0 spiro atoms. The standard InChI is InChI=1S/C18H21N3O2/c1-4-12(3)21-11-13(14-8-6-7-9-16(14)21)10-15-17(22)20(5-2)18(23)19-15/h6-12H,4-5H2,1-3H3,(H,19,23)/b15-10-/t12-/m0/s1. The van der Waals surface area contributed by atoms with Crippen molar-refractivity contribution in [3.63, 3.8) is 0 Å². The predicted molar refractivity (Wildman–Crippen MR) is 90.8 cm³/mol. The van der Waals surface area contributed by atoms with Gasteiger partial charge in [0.1, 0.15) is 5.70 Å². The molecule has 1 aromatic carbocycles. The Balaban J connectivity index is 2.09. The van der Waals surface area contributed by atoms with Crippen molar-refractivity contribution in [2.45, 2.75) is 33.2 Å². The fourth-order valence-corrected chi connectivity index (χ4v) is 2.92. The van der Waals surface area contributed by atoms with Gasteiger partial charge in [0.25, 0.3) is 5.91 Å². The third kappa shape index (κ3) is 2.52. The Bertz CT molecular complexity index is 804. The average Bonchev–Trinajstić information content (AvgIpc) is 3.05. The molecule has 5 heteroatoms. The Hall–Kier alpha value is -2.56. The van der Waals surface area contributed by atoms with Crippen molar-refractivity contribution in [3.8, 4) is 0 Å². The highest BCUT2D eigenvalue weighted by atomic mass is 16.2. The molecule has 2 aromatic rings. The van der Waals surface area contributed by atoms with Crippen LogP contribution in [0.3, 0.4) is 0 Å². The second-order valence-electron chi connectivity index (χ2n) is 5.80. The van der Waals surface area contributed by atoms with Crippen LogP contribution >= 0.6 is 0 Å². The van der Waals surface area contributed by atoms with E-state index in [1.165, 1.54) is 4.90 Å². The average molecular weight is 311 g/mol. The first-order valence-electron chi connectivity index (χ1n) is 8.00. The normalized spacial score (nSPS) is 18.0. The van der Waals surface area contributed by atoms with Crippen molar-refractivity contribution in [1.29, 1.82) is 0 Å². The van der Waals surface area contributed by atoms with Gasteiger partial charge in [-0.1, -0.05) is 25.1 Å². The number of carbonyl (C=O) groups excluding carboxylic acids is 2. The van der Waals surface area contributed by atoms with E-state index in [0.717, 1.165) is 22.9 Å². The van der Waals surface area contributed by atoms with Crippen LogP contribution < -0.4 is 5.32 Å². The summed E-state index contributed by atoms with van der Waals surface area (Å²) in [6.45, 7) is 6.48. The molecular formula is C18H21N3O2. The zero-order valence-electron chi connectivity index (χ0n) is 13.7. The Morgan fingerprint density at radius 1 is 1.22 bits per heavy atom. The third-order valence-electron chi connectivity index (χ3n) is 4.42. The van der Waals surface area contributed by atoms with E-state index in [0.29, 0.717) is 18.3 Å². The molecule has 1 N–H and O–H groups in total. The summed E-state index contributed by atoms with van der Waals surface area (Å²) in [5.41, 5.74) is 2.42. The Morgan fingerprint density at radius 2 is 1.96 bits per heavy atom. The van der Waals surface area contributed by atoms with Gasteiger partial charge >= 0.3 is 6.03 Å². The van der Waals surface area contributed by atoms with Crippen LogP contribution in [0.4, 0.5) is 4.79 Å². The first-order valence-corrected chi connectivity index (χ1v) is 8.00. The molecule has 1 atom stereocenters. The van der Waals surface area contributed by atoms with Crippen LogP contribution in [0.15, 0.2) is 36.2 Å². The lowest BCUT2D eigenvalue weighted by atomic mass is 10.1. The summed E-state index contributed by atoms with van der Waals surface area (Å²) in [6.07, 6.45) is 4.85. The van der Waals surface area contributed by atoms with Crippen LogP contribution in [0.25, 0.3) is 17.0 Å². The fraction of sp³-hybridized carbons (Fsp3) is 0.333. The molecule has 0 aliphatic carbocycles. The number of rotatable bonds is 4. The van der Waals surface area contributed by atoms with Crippen LogP contribution in [-0.4, -0.2) is 28.0 Å². The lowest BCUT2D eigenvalue weighted by Crippen LogP contribution is -2.30. The van der Waals surface area contributed by atoms with Crippen LogP contribution in [0, 0.1) is 0 Å². The summed E-state index contributed by atoms with van der Waals surface area (Å²) in [4.78, 5) is 25.2. The number of hydrogen-bond acceptors (Lipinski definition) is 2. The number of urea groups is 1. The lowest BCUT2D eigenvalue weighted by molar-refractivity contribution is -0.122. The lowest BCUT2D eigenvalue weighted by Gasteiger charge is -2.12. The molecule has 1 fully saturated rings. The van der Waals surface area contributed by atoms with Gasteiger partial charge in [-0.3, -0.25) is 9.69 Å². The van der Waals surface area contributed by atoms with Gasteiger partial charge < -0.3 is 9.88 Å². The van der Waals surface area contributed by atoms with Crippen molar-refractivity contribution in [3.05, 3.63) is 41.7 Å².